The summed E-state index contributed by atoms with van der Waals surface area (Å²) in [6, 6.07) is 0.289. The Balaban J connectivity index is 2.06. The number of rotatable bonds is 3. The summed E-state index contributed by atoms with van der Waals surface area (Å²) in [5.41, 5.74) is 8.53. The van der Waals surface area contributed by atoms with Crippen molar-refractivity contribution < 1.29 is 0 Å². The molecule has 78 valence electrons. The molecule has 0 saturated carbocycles. The van der Waals surface area contributed by atoms with Crippen LogP contribution in [-0.4, -0.2) is 15.6 Å². The molecule has 1 aliphatic rings. The van der Waals surface area contributed by atoms with Gasteiger partial charge in [-0.15, -0.1) is 0 Å². The molecule has 0 aromatic carbocycles. The van der Waals surface area contributed by atoms with E-state index in [1.807, 2.05) is 6.33 Å². The number of aromatic nitrogens is 2. The maximum Gasteiger partial charge on any atom is 0.0951 e. The Labute approximate surface area is 85.3 Å². The third kappa shape index (κ3) is 1.98. The van der Waals surface area contributed by atoms with Crippen molar-refractivity contribution in [1.29, 1.82) is 0 Å². The van der Waals surface area contributed by atoms with Crippen molar-refractivity contribution in [3.63, 3.8) is 0 Å². The second-order valence-corrected chi connectivity index (χ2v) is 4.30. The fourth-order valence-corrected chi connectivity index (χ4v) is 2.07. The van der Waals surface area contributed by atoms with Crippen LogP contribution in [0.5, 0.6) is 0 Å². The van der Waals surface area contributed by atoms with Gasteiger partial charge in [0.2, 0.25) is 0 Å². The van der Waals surface area contributed by atoms with E-state index in [2.05, 4.69) is 16.5 Å². The average molecular weight is 193 g/mol. The smallest absolute Gasteiger partial charge is 0.0951 e. The molecule has 0 saturated heterocycles. The Morgan fingerprint density at radius 1 is 1.50 bits per heavy atom. The van der Waals surface area contributed by atoms with Crippen LogP contribution in [0.3, 0.4) is 0 Å². The van der Waals surface area contributed by atoms with E-state index in [1.54, 1.807) is 0 Å². The van der Waals surface area contributed by atoms with E-state index in [4.69, 9.17) is 5.73 Å². The lowest BCUT2D eigenvalue weighted by Gasteiger charge is -2.14. The monoisotopic (exact) mass is 193 g/mol. The number of imidazole rings is 1. The average Bonchev–Trinajstić information content (AvgIpc) is 2.58. The van der Waals surface area contributed by atoms with Gasteiger partial charge in [-0.3, -0.25) is 0 Å². The topological polar surface area (TPSA) is 43.8 Å². The molecule has 0 radical (unpaired) electrons. The minimum atomic E-state index is 0.289. The van der Waals surface area contributed by atoms with E-state index in [0.29, 0.717) is 0 Å². The van der Waals surface area contributed by atoms with Crippen molar-refractivity contribution in [2.24, 2.45) is 5.73 Å². The predicted octanol–water partition coefficient (Wildman–Crippen LogP) is 1.50. The highest BCUT2D eigenvalue weighted by Gasteiger charge is 2.14. The first kappa shape index (κ1) is 9.71. The SMILES string of the molecule is CC(N)CCn1cnc2c1CCCC2. The zero-order chi connectivity index (χ0) is 9.97. The van der Waals surface area contributed by atoms with E-state index in [9.17, 15) is 0 Å². The van der Waals surface area contributed by atoms with E-state index >= 15 is 0 Å². The molecule has 3 heteroatoms. The van der Waals surface area contributed by atoms with Gasteiger partial charge in [0.25, 0.3) is 0 Å². The molecular formula is C11H19N3. The van der Waals surface area contributed by atoms with Crippen LogP contribution >= 0.6 is 0 Å². The molecule has 2 N–H and O–H groups in total. The molecule has 1 unspecified atom stereocenters. The summed E-state index contributed by atoms with van der Waals surface area (Å²) in [6.45, 7) is 3.09. The summed E-state index contributed by atoms with van der Waals surface area (Å²) < 4.78 is 2.29. The predicted molar refractivity (Wildman–Crippen MR) is 57.1 cm³/mol. The van der Waals surface area contributed by atoms with Gasteiger partial charge in [-0.05, 0) is 39.0 Å². The van der Waals surface area contributed by atoms with Gasteiger partial charge in [0.1, 0.15) is 0 Å². The third-order valence-electron chi connectivity index (χ3n) is 2.94. The molecule has 0 fully saturated rings. The van der Waals surface area contributed by atoms with Crippen molar-refractivity contribution >= 4 is 0 Å². The van der Waals surface area contributed by atoms with Crippen molar-refractivity contribution in [1.82, 2.24) is 9.55 Å². The number of fused-ring (bicyclic) bond motifs is 1. The van der Waals surface area contributed by atoms with Crippen molar-refractivity contribution in [3.8, 4) is 0 Å². The third-order valence-corrected chi connectivity index (χ3v) is 2.94. The summed E-state index contributed by atoms with van der Waals surface area (Å²) in [6.07, 6.45) is 8.02. The van der Waals surface area contributed by atoms with Crippen LogP contribution in [0.4, 0.5) is 0 Å². The van der Waals surface area contributed by atoms with Gasteiger partial charge < -0.3 is 10.3 Å². The summed E-state index contributed by atoms with van der Waals surface area (Å²) in [7, 11) is 0. The number of nitrogens with two attached hydrogens (primary N) is 1. The van der Waals surface area contributed by atoms with Gasteiger partial charge in [-0.1, -0.05) is 0 Å². The number of nitrogens with zero attached hydrogens (tertiary/aromatic N) is 2. The molecule has 0 amide bonds. The number of hydrogen-bond acceptors (Lipinski definition) is 2. The van der Waals surface area contributed by atoms with Crippen LogP contribution in [-0.2, 0) is 19.4 Å². The molecule has 1 aliphatic carbocycles. The Kier molecular flexibility index (Phi) is 2.87. The highest BCUT2D eigenvalue weighted by molar-refractivity contribution is 5.16. The molecule has 1 heterocycles. The fraction of sp³-hybridized carbons (Fsp3) is 0.727. The second-order valence-electron chi connectivity index (χ2n) is 4.30. The van der Waals surface area contributed by atoms with Crippen molar-refractivity contribution in [3.05, 3.63) is 17.7 Å². The minimum absolute atomic E-state index is 0.289. The Hall–Kier alpha value is -0.830. The largest absolute Gasteiger partial charge is 0.334 e. The van der Waals surface area contributed by atoms with Gasteiger partial charge in [0.05, 0.1) is 12.0 Å². The maximum atomic E-state index is 5.75. The fourth-order valence-electron chi connectivity index (χ4n) is 2.07. The van der Waals surface area contributed by atoms with E-state index in [-0.39, 0.29) is 6.04 Å². The van der Waals surface area contributed by atoms with Crippen LogP contribution in [0.1, 0.15) is 37.6 Å². The maximum absolute atomic E-state index is 5.75. The van der Waals surface area contributed by atoms with Gasteiger partial charge in [0.15, 0.2) is 0 Å². The van der Waals surface area contributed by atoms with E-state index < -0.39 is 0 Å². The number of hydrogen-bond donors (Lipinski definition) is 1. The van der Waals surface area contributed by atoms with Gasteiger partial charge in [-0.2, -0.15) is 0 Å². The van der Waals surface area contributed by atoms with E-state index in [1.165, 1.54) is 37.1 Å². The minimum Gasteiger partial charge on any atom is -0.334 e. The van der Waals surface area contributed by atoms with Crippen molar-refractivity contribution in [2.75, 3.05) is 0 Å². The molecule has 0 aliphatic heterocycles. The molecule has 14 heavy (non-hydrogen) atoms. The highest BCUT2D eigenvalue weighted by Crippen LogP contribution is 2.19. The lowest BCUT2D eigenvalue weighted by Crippen LogP contribution is -2.18. The zero-order valence-corrected chi connectivity index (χ0v) is 8.87. The molecule has 1 aromatic rings. The lowest BCUT2D eigenvalue weighted by atomic mass is 10.0. The molecule has 2 rings (SSSR count). The molecule has 0 bridgehead atoms. The molecule has 1 aromatic heterocycles. The summed E-state index contributed by atoms with van der Waals surface area (Å²) in [5, 5.41) is 0. The van der Waals surface area contributed by atoms with Gasteiger partial charge in [-0.25, -0.2) is 4.98 Å². The Morgan fingerprint density at radius 3 is 3.07 bits per heavy atom. The number of aryl methyl sites for hydroxylation is 2. The van der Waals surface area contributed by atoms with Crippen LogP contribution in [0.2, 0.25) is 0 Å². The Morgan fingerprint density at radius 2 is 2.29 bits per heavy atom. The lowest BCUT2D eigenvalue weighted by molar-refractivity contribution is 0.542. The summed E-state index contributed by atoms with van der Waals surface area (Å²) in [4.78, 5) is 4.46. The normalized spacial score (nSPS) is 17.9. The quantitative estimate of drug-likeness (QED) is 0.790. The highest BCUT2D eigenvalue weighted by atomic mass is 15.1. The molecule has 0 spiro atoms. The van der Waals surface area contributed by atoms with Crippen LogP contribution in [0.25, 0.3) is 0 Å². The Bertz CT molecular complexity index is 301. The molecule has 1 atom stereocenters. The summed E-state index contributed by atoms with van der Waals surface area (Å²) >= 11 is 0. The van der Waals surface area contributed by atoms with Crippen LogP contribution in [0.15, 0.2) is 6.33 Å². The van der Waals surface area contributed by atoms with Crippen LogP contribution in [0, 0.1) is 0 Å². The van der Waals surface area contributed by atoms with Crippen molar-refractivity contribution in [2.45, 2.75) is 51.6 Å². The van der Waals surface area contributed by atoms with Crippen LogP contribution < -0.4 is 5.73 Å². The first-order valence-corrected chi connectivity index (χ1v) is 5.56. The molecular weight excluding hydrogens is 174 g/mol. The molecule has 3 nitrogen and oxygen atoms in total. The standard InChI is InChI=1S/C11H19N3/c1-9(12)6-7-14-8-13-10-4-2-3-5-11(10)14/h8-9H,2-7,12H2,1H3. The van der Waals surface area contributed by atoms with Gasteiger partial charge >= 0.3 is 0 Å². The summed E-state index contributed by atoms with van der Waals surface area (Å²) in [5.74, 6) is 0. The first-order chi connectivity index (χ1) is 6.77. The first-order valence-electron chi connectivity index (χ1n) is 5.56. The second kappa shape index (κ2) is 4.13. The van der Waals surface area contributed by atoms with Gasteiger partial charge in [0, 0.05) is 18.3 Å². The van der Waals surface area contributed by atoms with E-state index in [0.717, 1.165) is 13.0 Å². The zero-order valence-electron chi connectivity index (χ0n) is 8.87.